The van der Waals surface area contributed by atoms with Crippen LogP contribution in [0, 0.1) is 0 Å². The minimum atomic E-state index is -1.59. The summed E-state index contributed by atoms with van der Waals surface area (Å²) in [5.74, 6) is -3.25. The highest BCUT2D eigenvalue weighted by molar-refractivity contribution is 5.91. The highest BCUT2D eigenvalue weighted by Gasteiger charge is 2.53. The molecule has 1 heterocycles. The van der Waals surface area contributed by atoms with Crippen LogP contribution in [-0.4, -0.2) is 61.1 Å². The van der Waals surface area contributed by atoms with E-state index in [2.05, 4.69) is 10.0 Å². The van der Waals surface area contributed by atoms with Crippen molar-refractivity contribution in [3.05, 3.63) is 154 Å². The number of hydrogen-bond acceptors (Lipinski definition) is 10. The van der Waals surface area contributed by atoms with E-state index in [0.29, 0.717) is 0 Å². The Kier molecular flexibility index (Phi) is 10.4. The average Bonchev–Trinajstić information content (AvgIpc) is 3.11. The molecule has 0 amide bonds. The summed E-state index contributed by atoms with van der Waals surface area (Å²) in [5, 5.41) is 3.66. The van der Waals surface area contributed by atoms with Crippen molar-refractivity contribution in [3.8, 4) is 0 Å². The van der Waals surface area contributed by atoms with Gasteiger partial charge in [-0.05, 0) is 54.1 Å². The minimum Gasteiger partial charge on any atom is -0.459 e. The smallest absolute Gasteiger partial charge is 0.338 e. The second-order valence-electron chi connectivity index (χ2n) is 9.94. The molecule has 0 bridgehead atoms. The van der Waals surface area contributed by atoms with E-state index in [-0.39, 0.29) is 22.3 Å². The normalized spacial score (nSPS) is 20.3. The Labute approximate surface area is 263 Å². The first-order chi connectivity index (χ1) is 22.4. The van der Waals surface area contributed by atoms with Crippen molar-refractivity contribution >= 4 is 23.9 Å². The van der Waals surface area contributed by atoms with Crippen LogP contribution in [0.2, 0.25) is 0 Å². The number of azide groups is 1. The van der Waals surface area contributed by atoms with Crippen LogP contribution in [0.15, 0.2) is 126 Å². The Hall–Kier alpha value is -5.97. The molecule has 46 heavy (non-hydrogen) atoms. The first-order valence-corrected chi connectivity index (χ1v) is 14.1. The number of esters is 4. The fraction of sp³-hybridized carbons (Fsp3) is 0.176. The largest absolute Gasteiger partial charge is 0.459 e. The van der Waals surface area contributed by atoms with Gasteiger partial charge in [0, 0.05) is 4.91 Å². The van der Waals surface area contributed by atoms with Gasteiger partial charge in [0.15, 0.2) is 24.5 Å². The van der Waals surface area contributed by atoms with Gasteiger partial charge in [-0.1, -0.05) is 77.9 Å². The van der Waals surface area contributed by atoms with Gasteiger partial charge in [-0.2, -0.15) is 0 Å². The monoisotopic (exact) mass is 621 g/mol. The molecule has 0 aromatic heterocycles. The van der Waals surface area contributed by atoms with Crippen LogP contribution in [0.3, 0.4) is 0 Å². The molecule has 12 heteroatoms. The first kappa shape index (κ1) is 31.5. The van der Waals surface area contributed by atoms with Gasteiger partial charge in [-0.25, -0.2) is 19.2 Å². The van der Waals surface area contributed by atoms with Crippen LogP contribution >= 0.6 is 0 Å². The standard InChI is InChI=1S/C34H27N3O9/c35-37-36-30-29(46-34(41)25-19-11-4-12-20-25)28(45-33(40)24-17-9-3-10-18-24)27(44-32(39)23-15-7-2-8-16-23)26(43-30)21-42-31(38)22-13-5-1-6-14-22/h1-20,26-30H,21H2/t26-,27-,28+,29-,30-/m1/s1. The summed E-state index contributed by atoms with van der Waals surface area (Å²) in [6, 6.07) is 32.0. The van der Waals surface area contributed by atoms with E-state index in [9.17, 15) is 24.7 Å². The maximum absolute atomic E-state index is 13.4. The molecule has 1 fully saturated rings. The van der Waals surface area contributed by atoms with Crippen molar-refractivity contribution in [2.24, 2.45) is 5.11 Å². The summed E-state index contributed by atoms with van der Waals surface area (Å²) in [5.41, 5.74) is 10.1. The third-order valence-corrected chi connectivity index (χ3v) is 6.92. The van der Waals surface area contributed by atoms with E-state index in [1.165, 1.54) is 36.4 Å². The van der Waals surface area contributed by atoms with Crippen LogP contribution in [0.5, 0.6) is 0 Å². The molecule has 1 saturated heterocycles. The van der Waals surface area contributed by atoms with Crippen LogP contribution in [0.4, 0.5) is 0 Å². The van der Waals surface area contributed by atoms with Crippen molar-refractivity contribution < 1.29 is 42.9 Å². The Balaban J connectivity index is 1.53. The Morgan fingerprint density at radius 3 is 1.35 bits per heavy atom. The lowest BCUT2D eigenvalue weighted by Crippen LogP contribution is -2.62. The van der Waals surface area contributed by atoms with Crippen molar-refractivity contribution in [2.75, 3.05) is 6.61 Å². The topological polar surface area (TPSA) is 163 Å². The summed E-state index contributed by atoms with van der Waals surface area (Å²) in [7, 11) is 0. The number of hydrogen-bond donors (Lipinski definition) is 0. The zero-order valence-corrected chi connectivity index (χ0v) is 24.2. The number of ether oxygens (including phenoxy) is 5. The molecular weight excluding hydrogens is 594 g/mol. The molecule has 4 aromatic rings. The summed E-state index contributed by atoms with van der Waals surface area (Å²) in [4.78, 5) is 55.7. The van der Waals surface area contributed by atoms with E-state index in [0.717, 1.165) is 0 Å². The number of benzene rings is 4. The Morgan fingerprint density at radius 1 is 0.565 bits per heavy atom. The third kappa shape index (κ3) is 7.75. The highest BCUT2D eigenvalue weighted by atomic mass is 16.7. The Bertz CT molecular complexity index is 1700. The molecule has 0 unspecified atom stereocenters. The van der Waals surface area contributed by atoms with Gasteiger partial charge >= 0.3 is 23.9 Å². The number of nitrogens with zero attached hydrogens (tertiary/aromatic N) is 3. The van der Waals surface area contributed by atoms with Gasteiger partial charge in [0.2, 0.25) is 0 Å². The van der Waals surface area contributed by atoms with E-state index >= 15 is 0 Å². The van der Waals surface area contributed by atoms with E-state index < -0.39 is 61.1 Å². The van der Waals surface area contributed by atoms with Crippen LogP contribution < -0.4 is 0 Å². The molecule has 0 radical (unpaired) electrons. The average molecular weight is 622 g/mol. The molecule has 0 N–H and O–H groups in total. The maximum atomic E-state index is 13.4. The Morgan fingerprint density at radius 2 is 0.935 bits per heavy atom. The van der Waals surface area contributed by atoms with Crippen molar-refractivity contribution in [3.63, 3.8) is 0 Å². The fourth-order valence-corrected chi connectivity index (χ4v) is 4.69. The molecule has 5 rings (SSSR count). The van der Waals surface area contributed by atoms with Crippen LogP contribution in [0.25, 0.3) is 10.4 Å². The lowest BCUT2D eigenvalue weighted by molar-refractivity contribution is -0.227. The lowest BCUT2D eigenvalue weighted by Gasteiger charge is -2.43. The maximum Gasteiger partial charge on any atom is 0.338 e. The van der Waals surface area contributed by atoms with Crippen molar-refractivity contribution in [1.82, 2.24) is 0 Å². The number of rotatable bonds is 10. The van der Waals surface area contributed by atoms with Crippen molar-refractivity contribution in [2.45, 2.75) is 30.6 Å². The van der Waals surface area contributed by atoms with E-state index in [1.807, 2.05) is 0 Å². The number of carbonyl (C=O) groups is 4. The fourth-order valence-electron chi connectivity index (χ4n) is 4.69. The van der Waals surface area contributed by atoms with E-state index in [1.54, 1.807) is 84.9 Å². The molecule has 12 nitrogen and oxygen atoms in total. The third-order valence-electron chi connectivity index (χ3n) is 6.92. The second-order valence-corrected chi connectivity index (χ2v) is 9.94. The van der Waals surface area contributed by atoms with Crippen LogP contribution in [0.1, 0.15) is 41.4 Å². The highest BCUT2D eigenvalue weighted by Crippen LogP contribution is 2.32. The zero-order chi connectivity index (χ0) is 32.3. The predicted molar refractivity (Wildman–Crippen MR) is 161 cm³/mol. The van der Waals surface area contributed by atoms with Gasteiger partial charge < -0.3 is 23.7 Å². The molecule has 1 aliphatic rings. The van der Waals surface area contributed by atoms with Crippen LogP contribution in [-0.2, 0) is 23.7 Å². The summed E-state index contributed by atoms with van der Waals surface area (Å²) in [6.45, 7) is -0.517. The van der Waals surface area contributed by atoms with Gasteiger partial charge in [0.05, 0.1) is 22.3 Å². The minimum absolute atomic E-state index is 0.141. The molecule has 4 aromatic carbocycles. The molecule has 0 spiro atoms. The van der Waals surface area contributed by atoms with Gasteiger partial charge in [0.1, 0.15) is 12.7 Å². The number of carbonyl (C=O) groups excluding carboxylic acids is 4. The zero-order valence-electron chi connectivity index (χ0n) is 24.2. The van der Waals surface area contributed by atoms with Gasteiger partial charge in [-0.3, -0.25) is 0 Å². The quantitative estimate of drug-likeness (QED) is 0.0725. The molecule has 1 aliphatic heterocycles. The molecule has 0 aliphatic carbocycles. The van der Waals surface area contributed by atoms with Crippen molar-refractivity contribution in [1.29, 1.82) is 0 Å². The first-order valence-electron chi connectivity index (χ1n) is 14.1. The molecular formula is C34H27N3O9. The summed E-state index contributed by atoms with van der Waals surface area (Å²) in [6.07, 6.45) is -7.61. The lowest BCUT2D eigenvalue weighted by atomic mass is 9.97. The summed E-state index contributed by atoms with van der Waals surface area (Å²) >= 11 is 0. The van der Waals surface area contributed by atoms with Gasteiger partial charge in [-0.15, -0.1) is 0 Å². The molecule has 0 saturated carbocycles. The summed E-state index contributed by atoms with van der Waals surface area (Å²) < 4.78 is 29.0. The second kappa shape index (κ2) is 15.2. The predicted octanol–water partition coefficient (Wildman–Crippen LogP) is 5.56. The molecule has 5 atom stereocenters. The van der Waals surface area contributed by atoms with E-state index in [4.69, 9.17) is 23.7 Å². The SMILES string of the molecule is [N-]=[N+]=N[C@@H]1O[C@H](COC(=O)c2ccccc2)[C@@H](OC(=O)c2ccccc2)[C@H](OC(=O)c2ccccc2)[C@H]1OC(=O)c1ccccc1. The molecule has 232 valence electrons. The van der Waals surface area contributed by atoms with Gasteiger partial charge in [0.25, 0.3) is 0 Å².